The summed E-state index contributed by atoms with van der Waals surface area (Å²) in [5, 5.41) is 12.5. The van der Waals surface area contributed by atoms with Crippen molar-refractivity contribution in [1.29, 1.82) is 0 Å². The van der Waals surface area contributed by atoms with Crippen molar-refractivity contribution in [2.24, 2.45) is 7.05 Å². The first-order valence-corrected chi connectivity index (χ1v) is 8.96. The number of nitrogens with one attached hydrogen (secondary N) is 1. The number of para-hydroxylation sites is 1. The van der Waals surface area contributed by atoms with Crippen LogP contribution in [-0.4, -0.2) is 26.2 Å². The van der Waals surface area contributed by atoms with Gasteiger partial charge in [0.05, 0.1) is 11.4 Å². The third kappa shape index (κ3) is 4.03. The zero-order chi connectivity index (χ0) is 21.1. The summed E-state index contributed by atoms with van der Waals surface area (Å²) in [6.45, 7) is 3.56. The molecule has 0 aliphatic carbocycles. The zero-order valence-corrected chi connectivity index (χ0v) is 16.3. The van der Waals surface area contributed by atoms with E-state index in [0.29, 0.717) is 16.9 Å². The van der Waals surface area contributed by atoms with Gasteiger partial charge in [-0.15, -0.1) is 0 Å². The second-order valence-corrected chi connectivity index (χ2v) is 6.65. The molecule has 0 radical (unpaired) electrons. The Labute approximate surface area is 167 Å². The Kier molecular flexibility index (Phi) is 5.50. The number of nitrogens with zero attached hydrogens (tertiary/aromatic N) is 2. The molecule has 2 aromatic carbocycles. The fraction of sp³-hybridized carbons (Fsp3) is 0.136. The minimum absolute atomic E-state index is 0.0120. The van der Waals surface area contributed by atoms with Crippen molar-refractivity contribution in [3.05, 3.63) is 87.8 Å². The van der Waals surface area contributed by atoms with Crippen LogP contribution in [-0.2, 0) is 16.6 Å². The fourth-order valence-corrected chi connectivity index (χ4v) is 2.88. The maximum atomic E-state index is 12.8. The summed E-state index contributed by atoms with van der Waals surface area (Å²) < 4.78 is 2.99. The van der Waals surface area contributed by atoms with E-state index in [1.165, 1.54) is 4.68 Å². The van der Waals surface area contributed by atoms with Crippen molar-refractivity contribution < 1.29 is 14.7 Å². The van der Waals surface area contributed by atoms with Gasteiger partial charge in [-0.05, 0) is 26.0 Å². The predicted molar refractivity (Wildman–Crippen MR) is 111 cm³/mol. The monoisotopic (exact) mass is 391 g/mol. The van der Waals surface area contributed by atoms with Crippen molar-refractivity contribution in [1.82, 2.24) is 9.36 Å². The molecule has 29 heavy (non-hydrogen) atoms. The quantitative estimate of drug-likeness (QED) is 0.397. The number of anilines is 1. The number of aryl methyl sites for hydroxylation is 1. The van der Waals surface area contributed by atoms with Crippen molar-refractivity contribution in [3.8, 4) is 5.69 Å². The van der Waals surface area contributed by atoms with Gasteiger partial charge < -0.3 is 10.4 Å². The van der Waals surface area contributed by atoms with Crippen molar-refractivity contribution in [2.45, 2.75) is 13.8 Å². The van der Waals surface area contributed by atoms with Crippen molar-refractivity contribution in [2.75, 3.05) is 5.32 Å². The Hall–Kier alpha value is -3.87. The lowest BCUT2D eigenvalue weighted by Crippen LogP contribution is -2.26. The lowest BCUT2D eigenvalue weighted by atomic mass is 10.1. The molecule has 0 unspecified atom stereocenters. The van der Waals surface area contributed by atoms with Gasteiger partial charge in [0, 0.05) is 18.7 Å². The lowest BCUT2D eigenvalue weighted by molar-refractivity contribution is -0.132. The molecular weight excluding hydrogens is 370 g/mol. The highest BCUT2D eigenvalue weighted by atomic mass is 16.3. The Morgan fingerprint density at radius 1 is 1.00 bits per heavy atom. The van der Waals surface area contributed by atoms with Crippen LogP contribution in [0.1, 0.15) is 16.8 Å². The maximum Gasteiger partial charge on any atom is 0.296 e. The topological polar surface area (TPSA) is 93.3 Å². The number of benzene rings is 2. The van der Waals surface area contributed by atoms with Gasteiger partial charge in [-0.3, -0.25) is 19.1 Å². The van der Waals surface area contributed by atoms with E-state index in [9.17, 15) is 19.5 Å². The van der Waals surface area contributed by atoms with E-state index < -0.39 is 17.2 Å². The molecule has 0 fully saturated rings. The molecule has 0 saturated heterocycles. The van der Waals surface area contributed by atoms with Gasteiger partial charge in [-0.2, -0.15) is 0 Å². The SMILES string of the molecule is Cc1ccc(C(O)=CC(=O)C(=O)Nc2c(C)n(C)n(-c3ccccc3)c2=O)cc1. The zero-order valence-electron chi connectivity index (χ0n) is 16.3. The molecule has 7 heteroatoms. The number of hydrogen-bond donors (Lipinski definition) is 2. The molecule has 1 aromatic heterocycles. The number of aliphatic hydroxyl groups excluding tert-OH is 1. The Morgan fingerprint density at radius 3 is 2.24 bits per heavy atom. The van der Waals surface area contributed by atoms with Crippen LogP contribution < -0.4 is 10.9 Å². The highest BCUT2D eigenvalue weighted by molar-refractivity contribution is 6.45. The molecule has 0 aliphatic heterocycles. The summed E-state index contributed by atoms with van der Waals surface area (Å²) in [5.41, 5.74) is 2.10. The number of aliphatic hydroxyl groups is 1. The molecule has 0 spiro atoms. The Morgan fingerprint density at radius 2 is 1.62 bits per heavy atom. The average molecular weight is 391 g/mol. The number of ketones is 1. The summed E-state index contributed by atoms with van der Waals surface area (Å²) >= 11 is 0. The third-order valence-electron chi connectivity index (χ3n) is 4.63. The maximum absolute atomic E-state index is 12.8. The van der Waals surface area contributed by atoms with Gasteiger partial charge in [0.15, 0.2) is 0 Å². The standard InChI is InChI=1S/C22H21N3O4/c1-14-9-11-16(12-10-14)18(26)13-19(27)21(28)23-20-15(2)24(3)25(22(20)29)17-7-5-4-6-8-17/h4-13,26H,1-3H3,(H,23,28). The van der Waals surface area contributed by atoms with Crippen LogP contribution in [0.25, 0.3) is 11.4 Å². The van der Waals surface area contributed by atoms with Crippen LogP contribution in [0, 0.1) is 13.8 Å². The van der Waals surface area contributed by atoms with E-state index in [2.05, 4.69) is 5.32 Å². The first-order chi connectivity index (χ1) is 13.8. The van der Waals surface area contributed by atoms with E-state index in [-0.39, 0.29) is 11.4 Å². The number of carbonyl (C=O) groups excluding carboxylic acids is 2. The van der Waals surface area contributed by atoms with Crippen LogP contribution in [0.15, 0.2) is 65.5 Å². The molecule has 1 heterocycles. The highest BCUT2D eigenvalue weighted by Gasteiger charge is 2.21. The molecule has 0 bridgehead atoms. The van der Waals surface area contributed by atoms with Crippen LogP contribution in [0.4, 0.5) is 5.69 Å². The fourth-order valence-electron chi connectivity index (χ4n) is 2.88. The summed E-state index contributed by atoms with van der Waals surface area (Å²) in [5.74, 6) is -2.29. The van der Waals surface area contributed by atoms with Crippen LogP contribution in [0.3, 0.4) is 0 Å². The molecule has 0 aliphatic rings. The van der Waals surface area contributed by atoms with E-state index in [1.807, 2.05) is 13.0 Å². The van der Waals surface area contributed by atoms with Gasteiger partial charge in [-0.1, -0.05) is 48.0 Å². The van der Waals surface area contributed by atoms with Crippen molar-refractivity contribution >= 4 is 23.1 Å². The van der Waals surface area contributed by atoms with E-state index in [1.54, 1.807) is 67.2 Å². The first-order valence-electron chi connectivity index (χ1n) is 8.96. The predicted octanol–water partition coefficient (Wildman–Crippen LogP) is 2.90. The molecular formula is C22H21N3O4. The molecule has 2 N–H and O–H groups in total. The molecule has 148 valence electrons. The van der Waals surface area contributed by atoms with Gasteiger partial charge in [0.25, 0.3) is 11.5 Å². The first kappa shape index (κ1) is 19.9. The molecule has 1 amide bonds. The smallest absolute Gasteiger partial charge is 0.296 e. The second kappa shape index (κ2) is 8.02. The van der Waals surface area contributed by atoms with Gasteiger partial charge in [-0.25, -0.2) is 4.68 Å². The van der Waals surface area contributed by atoms with Gasteiger partial charge >= 0.3 is 0 Å². The number of hydrogen-bond acceptors (Lipinski definition) is 4. The number of aromatic nitrogens is 2. The molecule has 7 nitrogen and oxygen atoms in total. The summed E-state index contributed by atoms with van der Waals surface area (Å²) in [4.78, 5) is 37.3. The second-order valence-electron chi connectivity index (χ2n) is 6.65. The van der Waals surface area contributed by atoms with Gasteiger partial charge in [0.1, 0.15) is 11.4 Å². The molecule has 3 aromatic rings. The van der Waals surface area contributed by atoms with E-state index in [4.69, 9.17) is 0 Å². The summed E-state index contributed by atoms with van der Waals surface area (Å²) in [7, 11) is 1.68. The number of carbonyl (C=O) groups is 2. The third-order valence-corrected chi connectivity index (χ3v) is 4.63. The lowest BCUT2D eigenvalue weighted by Gasteiger charge is -2.07. The van der Waals surface area contributed by atoms with Gasteiger partial charge in [0.2, 0.25) is 5.78 Å². The number of rotatable bonds is 5. The van der Waals surface area contributed by atoms with Crippen LogP contribution >= 0.6 is 0 Å². The highest BCUT2D eigenvalue weighted by Crippen LogP contribution is 2.15. The Balaban J connectivity index is 1.86. The largest absolute Gasteiger partial charge is 0.507 e. The summed E-state index contributed by atoms with van der Waals surface area (Å²) in [6, 6.07) is 15.8. The molecule has 3 rings (SSSR count). The molecule has 0 saturated carbocycles. The summed E-state index contributed by atoms with van der Waals surface area (Å²) in [6.07, 6.45) is 0.841. The van der Waals surface area contributed by atoms with Crippen LogP contribution in [0.2, 0.25) is 0 Å². The van der Waals surface area contributed by atoms with Crippen LogP contribution in [0.5, 0.6) is 0 Å². The Bertz CT molecular complexity index is 1150. The van der Waals surface area contributed by atoms with Crippen molar-refractivity contribution in [3.63, 3.8) is 0 Å². The minimum atomic E-state index is -1.00. The average Bonchev–Trinajstić information content (AvgIpc) is 2.92. The van der Waals surface area contributed by atoms with E-state index >= 15 is 0 Å². The van der Waals surface area contributed by atoms with E-state index in [0.717, 1.165) is 11.6 Å². The minimum Gasteiger partial charge on any atom is -0.507 e. The normalized spacial score (nSPS) is 11.3. The number of amides is 1. The molecule has 0 atom stereocenters.